The first-order chi connectivity index (χ1) is 11.5. The van der Waals surface area contributed by atoms with Gasteiger partial charge in [0, 0.05) is 5.46 Å². The number of alkyl halides is 3. The first-order valence-electron chi connectivity index (χ1n) is 8.73. The van der Waals surface area contributed by atoms with Crippen LogP contribution in [-0.2, 0) is 15.5 Å². The van der Waals surface area contributed by atoms with Crippen molar-refractivity contribution in [2.45, 2.75) is 76.9 Å². The van der Waals surface area contributed by atoms with E-state index >= 15 is 0 Å². The molecule has 0 atom stereocenters. The lowest BCUT2D eigenvalue weighted by Gasteiger charge is -2.32. The van der Waals surface area contributed by atoms with Gasteiger partial charge < -0.3 is 14.0 Å². The molecule has 7 heteroatoms. The monoisotopic (exact) mass is 356 g/mol. The SMILES string of the molecule is CC1(C)OB(c2cc(C(F)(F)F)ccc2OC2CCCC2)OC1(C)C. The Balaban J connectivity index is 1.96. The van der Waals surface area contributed by atoms with Gasteiger partial charge in [0.05, 0.1) is 22.9 Å². The standard InChI is InChI=1S/C18H24BF3O3/c1-16(2)17(3,4)25-19(24-16)14-11-12(18(20,21)22)9-10-15(14)23-13-7-5-6-8-13/h9-11,13H,5-8H2,1-4H3. The zero-order valence-corrected chi connectivity index (χ0v) is 15.1. The Hall–Kier alpha value is -1.21. The van der Waals surface area contributed by atoms with Gasteiger partial charge in [-0.1, -0.05) is 0 Å². The maximum atomic E-state index is 13.2. The molecule has 0 spiro atoms. The lowest BCUT2D eigenvalue weighted by molar-refractivity contribution is -0.137. The van der Waals surface area contributed by atoms with Crippen LogP contribution in [-0.4, -0.2) is 24.4 Å². The average molecular weight is 356 g/mol. The summed E-state index contributed by atoms with van der Waals surface area (Å²) >= 11 is 0. The van der Waals surface area contributed by atoms with Crippen LogP contribution in [0.3, 0.4) is 0 Å². The van der Waals surface area contributed by atoms with Crippen molar-refractivity contribution in [3.8, 4) is 5.75 Å². The predicted octanol–water partition coefficient (Wildman–Crippen LogP) is 4.33. The number of hydrogen-bond donors (Lipinski definition) is 0. The Morgan fingerprint density at radius 1 is 1.04 bits per heavy atom. The molecule has 0 unspecified atom stereocenters. The lowest BCUT2D eigenvalue weighted by atomic mass is 9.77. The highest BCUT2D eigenvalue weighted by Gasteiger charge is 2.53. The number of benzene rings is 1. The first-order valence-corrected chi connectivity index (χ1v) is 8.73. The van der Waals surface area contributed by atoms with Crippen molar-refractivity contribution in [3.05, 3.63) is 23.8 Å². The maximum absolute atomic E-state index is 13.2. The fourth-order valence-corrected chi connectivity index (χ4v) is 3.17. The first kappa shape index (κ1) is 18.6. The molecule has 1 aliphatic heterocycles. The van der Waals surface area contributed by atoms with Crippen molar-refractivity contribution < 1.29 is 27.2 Å². The van der Waals surface area contributed by atoms with Gasteiger partial charge in [0.25, 0.3) is 0 Å². The topological polar surface area (TPSA) is 27.7 Å². The summed E-state index contributed by atoms with van der Waals surface area (Å²) in [6.07, 6.45) is -0.385. The molecule has 0 bridgehead atoms. The molecule has 1 heterocycles. The lowest BCUT2D eigenvalue weighted by Crippen LogP contribution is -2.41. The van der Waals surface area contributed by atoms with Crippen LogP contribution in [0.15, 0.2) is 18.2 Å². The van der Waals surface area contributed by atoms with E-state index in [0.29, 0.717) is 11.2 Å². The smallest absolute Gasteiger partial charge is 0.491 e. The van der Waals surface area contributed by atoms with Crippen molar-refractivity contribution in [2.24, 2.45) is 0 Å². The summed E-state index contributed by atoms with van der Waals surface area (Å²) in [6, 6.07) is 3.53. The Morgan fingerprint density at radius 2 is 1.60 bits per heavy atom. The van der Waals surface area contributed by atoms with E-state index in [1.807, 2.05) is 27.7 Å². The number of ether oxygens (including phenoxy) is 1. The molecule has 0 aromatic heterocycles. The molecule has 25 heavy (non-hydrogen) atoms. The van der Waals surface area contributed by atoms with Crippen molar-refractivity contribution in [2.75, 3.05) is 0 Å². The van der Waals surface area contributed by atoms with Gasteiger partial charge in [-0.25, -0.2) is 0 Å². The predicted molar refractivity (Wildman–Crippen MR) is 90.0 cm³/mol. The van der Waals surface area contributed by atoms with Gasteiger partial charge in [0.2, 0.25) is 0 Å². The number of hydrogen-bond acceptors (Lipinski definition) is 3. The van der Waals surface area contributed by atoms with Crippen LogP contribution >= 0.6 is 0 Å². The number of halogens is 3. The normalized spacial score (nSPS) is 23.2. The molecule has 1 aliphatic carbocycles. The summed E-state index contributed by atoms with van der Waals surface area (Å²) in [4.78, 5) is 0. The summed E-state index contributed by atoms with van der Waals surface area (Å²) in [6.45, 7) is 7.49. The minimum absolute atomic E-state index is 0.0397. The Morgan fingerprint density at radius 3 is 2.12 bits per heavy atom. The summed E-state index contributed by atoms with van der Waals surface area (Å²) in [5.74, 6) is 0.415. The summed E-state index contributed by atoms with van der Waals surface area (Å²) < 4.78 is 57.4. The molecule has 2 aliphatic rings. The zero-order chi connectivity index (χ0) is 18.5. The van der Waals surface area contributed by atoms with Crippen molar-refractivity contribution in [1.29, 1.82) is 0 Å². The van der Waals surface area contributed by atoms with Crippen LogP contribution in [0.1, 0.15) is 58.9 Å². The van der Waals surface area contributed by atoms with Crippen molar-refractivity contribution in [3.63, 3.8) is 0 Å². The quantitative estimate of drug-likeness (QED) is 0.755. The molecule has 1 aromatic carbocycles. The molecule has 3 rings (SSSR count). The second-order valence-corrected chi connectivity index (χ2v) is 7.86. The molecule has 1 saturated carbocycles. The molecule has 2 fully saturated rings. The van der Waals surface area contributed by atoms with Crippen LogP contribution in [0, 0.1) is 0 Å². The highest BCUT2D eigenvalue weighted by molar-refractivity contribution is 6.63. The zero-order valence-electron chi connectivity index (χ0n) is 15.1. The van der Waals surface area contributed by atoms with Crippen LogP contribution in [0.2, 0.25) is 0 Å². The highest BCUT2D eigenvalue weighted by Crippen LogP contribution is 2.38. The van der Waals surface area contributed by atoms with Gasteiger partial charge in [0.1, 0.15) is 5.75 Å². The van der Waals surface area contributed by atoms with Gasteiger partial charge in [-0.15, -0.1) is 0 Å². The third-order valence-electron chi connectivity index (χ3n) is 5.44. The molecule has 138 valence electrons. The van der Waals surface area contributed by atoms with Crippen LogP contribution in [0.4, 0.5) is 13.2 Å². The average Bonchev–Trinajstić information content (AvgIpc) is 3.04. The summed E-state index contributed by atoms with van der Waals surface area (Å²) in [5, 5.41) is 0. The number of rotatable bonds is 3. The molecule has 1 aromatic rings. The maximum Gasteiger partial charge on any atom is 0.498 e. The van der Waals surface area contributed by atoms with Crippen molar-refractivity contribution >= 4 is 12.6 Å². The molecule has 0 N–H and O–H groups in total. The summed E-state index contributed by atoms with van der Waals surface area (Å²) in [5.41, 5.74) is -1.68. The Bertz CT molecular complexity index is 621. The molecule has 0 amide bonds. The second kappa shape index (κ2) is 6.20. The fraction of sp³-hybridized carbons (Fsp3) is 0.667. The Labute approximate surface area is 147 Å². The molecule has 1 saturated heterocycles. The van der Waals surface area contributed by atoms with E-state index in [1.54, 1.807) is 0 Å². The van der Waals surface area contributed by atoms with Gasteiger partial charge in [0.15, 0.2) is 0 Å². The molecular weight excluding hydrogens is 332 g/mol. The van der Waals surface area contributed by atoms with E-state index in [0.717, 1.165) is 37.8 Å². The summed E-state index contributed by atoms with van der Waals surface area (Å²) in [7, 11) is -0.885. The van der Waals surface area contributed by atoms with Gasteiger partial charge in [-0.3, -0.25) is 0 Å². The van der Waals surface area contributed by atoms with E-state index in [1.165, 1.54) is 6.07 Å². The van der Waals surface area contributed by atoms with Crippen LogP contribution < -0.4 is 10.2 Å². The third kappa shape index (κ3) is 3.67. The Kier molecular flexibility index (Phi) is 4.61. The van der Waals surface area contributed by atoms with E-state index < -0.39 is 30.1 Å². The van der Waals surface area contributed by atoms with Crippen LogP contribution in [0.5, 0.6) is 5.75 Å². The van der Waals surface area contributed by atoms with Gasteiger partial charge >= 0.3 is 13.3 Å². The molecular formula is C18H24BF3O3. The van der Waals surface area contributed by atoms with Crippen molar-refractivity contribution in [1.82, 2.24) is 0 Å². The van der Waals surface area contributed by atoms with E-state index in [-0.39, 0.29) is 6.10 Å². The second-order valence-electron chi connectivity index (χ2n) is 7.86. The molecule has 3 nitrogen and oxygen atoms in total. The van der Waals surface area contributed by atoms with Crippen LogP contribution in [0.25, 0.3) is 0 Å². The van der Waals surface area contributed by atoms with E-state index in [2.05, 4.69) is 0 Å². The largest absolute Gasteiger partial charge is 0.498 e. The fourth-order valence-electron chi connectivity index (χ4n) is 3.17. The van der Waals surface area contributed by atoms with E-state index in [4.69, 9.17) is 14.0 Å². The van der Waals surface area contributed by atoms with E-state index in [9.17, 15) is 13.2 Å². The van der Waals surface area contributed by atoms with Gasteiger partial charge in [-0.2, -0.15) is 13.2 Å². The van der Waals surface area contributed by atoms with Gasteiger partial charge in [-0.05, 0) is 71.6 Å². The highest BCUT2D eigenvalue weighted by atomic mass is 19.4. The minimum Gasteiger partial charge on any atom is -0.491 e. The third-order valence-corrected chi connectivity index (χ3v) is 5.44. The molecule has 0 radical (unpaired) electrons. The minimum atomic E-state index is -4.43.